The molecule has 186 valence electrons. The van der Waals surface area contributed by atoms with E-state index in [0.717, 1.165) is 17.7 Å². The zero-order chi connectivity index (χ0) is 25.3. The van der Waals surface area contributed by atoms with Gasteiger partial charge in [0.1, 0.15) is 13.2 Å². The average molecular weight is 514 g/mol. The number of fused-ring (bicyclic) bond motifs is 2. The summed E-state index contributed by atoms with van der Waals surface area (Å²) in [5, 5.41) is 2.74. The second-order valence-corrected chi connectivity index (χ2v) is 9.58. The number of hydrogen-bond donors (Lipinski definition) is 1. The highest BCUT2D eigenvalue weighted by Gasteiger charge is 2.31. The molecule has 1 N–H and O–H groups in total. The number of benzene rings is 3. The standard InChI is InChI=1S/C26H22F3N3O3S/c1-16(24(33)30-19-8-10-22-23(14-19)35-12-11-34-22)36-25-31-20-13-18(26(27,28)29)7-9-21(20)32(25)15-17-5-3-2-4-6-17/h2-10,13-14,16H,11-12,15H2,1H3,(H,30,33). The molecule has 36 heavy (non-hydrogen) atoms. The van der Waals surface area contributed by atoms with Gasteiger partial charge in [0, 0.05) is 11.8 Å². The molecule has 6 nitrogen and oxygen atoms in total. The maximum Gasteiger partial charge on any atom is 0.416 e. The van der Waals surface area contributed by atoms with Crippen LogP contribution in [-0.2, 0) is 17.5 Å². The topological polar surface area (TPSA) is 65.4 Å². The van der Waals surface area contributed by atoms with Crippen molar-refractivity contribution in [2.75, 3.05) is 18.5 Å². The first kappa shape index (κ1) is 24.1. The average Bonchev–Trinajstić information content (AvgIpc) is 3.20. The van der Waals surface area contributed by atoms with E-state index >= 15 is 0 Å². The molecule has 1 amide bonds. The SMILES string of the molecule is CC(Sc1nc2cc(C(F)(F)F)ccc2n1Cc1ccccc1)C(=O)Nc1ccc2c(c1)OCCO2. The number of anilines is 1. The highest BCUT2D eigenvalue weighted by atomic mass is 32.2. The van der Waals surface area contributed by atoms with Crippen LogP contribution in [0.25, 0.3) is 11.0 Å². The predicted octanol–water partition coefficient (Wildman–Crippen LogP) is 5.99. The third kappa shape index (κ3) is 5.13. The number of amides is 1. The van der Waals surface area contributed by atoms with Crippen LogP contribution in [0, 0.1) is 0 Å². The normalized spacial score (nSPS) is 14.0. The first-order valence-corrected chi connectivity index (χ1v) is 12.1. The van der Waals surface area contributed by atoms with Crippen LogP contribution in [0.3, 0.4) is 0 Å². The Morgan fingerprint density at radius 2 is 1.81 bits per heavy atom. The first-order valence-electron chi connectivity index (χ1n) is 11.3. The van der Waals surface area contributed by atoms with E-state index in [1.807, 2.05) is 34.9 Å². The lowest BCUT2D eigenvalue weighted by Gasteiger charge is -2.19. The number of carbonyl (C=O) groups excluding carboxylic acids is 1. The number of nitrogens with one attached hydrogen (secondary N) is 1. The van der Waals surface area contributed by atoms with Gasteiger partial charge in [-0.15, -0.1) is 0 Å². The third-order valence-corrected chi connectivity index (χ3v) is 6.78. The zero-order valence-electron chi connectivity index (χ0n) is 19.2. The fourth-order valence-electron chi connectivity index (χ4n) is 3.87. The van der Waals surface area contributed by atoms with Crippen LogP contribution in [0.4, 0.5) is 18.9 Å². The highest BCUT2D eigenvalue weighted by Crippen LogP contribution is 2.35. The van der Waals surface area contributed by atoms with Gasteiger partial charge in [-0.25, -0.2) is 4.98 Å². The van der Waals surface area contributed by atoms with Gasteiger partial charge in [0.2, 0.25) is 5.91 Å². The van der Waals surface area contributed by atoms with E-state index in [1.54, 1.807) is 25.1 Å². The number of alkyl halides is 3. The van der Waals surface area contributed by atoms with Crippen molar-refractivity contribution < 1.29 is 27.4 Å². The number of nitrogens with zero attached hydrogens (tertiary/aromatic N) is 2. The lowest BCUT2D eigenvalue weighted by Crippen LogP contribution is -2.23. The Hall–Kier alpha value is -3.66. The maximum atomic E-state index is 13.3. The minimum absolute atomic E-state index is 0.225. The lowest BCUT2D eigenvalue weighted by molar-refractivity contribution is -0.137. The Labute approximate surface area is 209 Å². The van der Waals surface area contributed by atoms with E-state index in [0.29, 0.717) is 47.6 Å². The van der Waals surface area contributed by atoms with Gasteiger partial charge in [-0.2, -0.15) is 13.2 Å². The molecule has 0 saturated heterocycles. The van der Waals surface area contributed by atoms with Crippen molar-refractivity contribution in [3.63, 3.8) is 0 Å². The summed E-state index contributed by atoms with van der Waals surface area (Å²) < 4.78 is 52.8. The van der Waals surface area contributed by atoms with Gasteiger partial charge in [0.25, 0.3) is 0 Å². The molecule has 2 heterocycles. The maximum absolute atomic E-state index is 13.3. The minimum Gasteiger partial charge on any atom is -0.486 e. The summed E-state index contributed by atoms with van der Waals surface area (Å²) in [5.41, 5.74) is 1.55. The van der Waals surface area contributed by atoms with Crippen LogP contribution in [-0.4, -0.2) is 33.9 Å². The molecule has 0 aliphatic carbocycles. The predicted molar refractivity (Wildman–Crippen MR) is 132 cm³/mol. The van der Waals surface area contributed by atoms with Crippen molar-refractivity contribution in [1.29, 1.82) is 0 Å². The van der Waals surface area contributed by atoms with Gasteiger partial charge in [-0.3, -0.25) is 4.79 Å². The Morgan fingerprint density at radius 1 is 1.06 bits per heavy atom. The smallest absolute Gasteiger partial charge is 0.416 e. The van der Waals surface area contributed by atoms with Crippen molar-refractivity contribution >= 4 is 34.4 Å². The summed E-state index contributed by atoms with van der Waals surface area (Å²) in [6.45, 7) is 3.04. The molecule has 0 radical (unpaired) electrons. The van der Waals surface area contributed by atoms with Gasteiger partial charge in [0.05, 0.1) is 28.4 Å². The number of ether oxygens (including phenoxy) is 2. The van der Waals surface area contributed by atoms with Crippen LogP contribution in [0.2, 0.25) is 0 Å². The van der Waals surface area contributed by atoms with E-state index in [2.05, 4.69) is 10.3 Å². The van der Waals surface area contributed by atoms with Crippen molar-refractivity contribution in [1.82, 2.24) is 9.55 Å². The Kier molecular flexibility index (Phi) is 6.53. The summed E-state index contributed by atoms with van der Waals surface area (Å²) in [6.07, 6.45) is -4.47. The highest BCUT2D eigenvalue weighted by molar-refractivity contribution is 8.00. The van der Waals surface area contributed by atoms with E-state index < -0.39 is 17.0 Å². The van der Waals surface area contributed by atoms with Gasteiger partial charge < -0.3 is 19.4 Å². The van der Waals surface area contributed by atoms with Gasteiger partial charge >= 0.3 is 6.18 Å². The summed E-state index contributed by atoms with van der Waals surface area (Å²) in [7, 11) is 0. The molecule has 3 aromatic carbocycles. The summed E-state index contributed by atoms with van der Waals surface area (Å²) in [6, 6.07) is 18.2. The second-order valence-electron chi connectivity index (χ2n) is 8.28. The zero-order valence-corrected chi connectivity index (χ0v) is 20.0. The van der Waals surface area contributed by atoms with Crippen molar-refractivity contribution in [2.24, 2.45) is 0 Å². The van der Waals surface area contributed by atoms with Crippen LogP contribution < -0.4 is 14.8 Å². The lowest BCUT2D eigenvalue weighted by atomic mass is 10.2. The molecule has 1 aliphatic rings. The number of aromatic nitrogens is 2. The van der Waals surface area contributed by atoms with Crippen LogP contribution >= 0.6 is 11.8 Å². The molecule has 5 rings (SSSR count). The number of thioether (sulfide) groups is 1. The number of hydrogen-bond acceptors (Lipinski definition) is 5. The third-order valence-electron chi connectivity index (χ3n) is 5.69. The number of halogens is 3. The summed E-state index contributed by atoms with van der Waals surface area (Å²) in [5.74, 6) is 0.907. The molecule has 1 aromatic heterocycles. The van der Waals surface area contributed by atoms with Gasteiger partial charge in [-0.1, -0.05) is 42.1 Å². The van der Waals surface area contributed by atoms with Crippen LogP contribution in [0.5, 0.6) is 11.5 Å². The second kappa shape index (κ2) is 9.77. The van der Waals surface area contributed by atoms with Crippen molar-refractivity contribution in [3.8, 4) is 11.5 Å². The van der Waals surface area contributed by atoms with Gasteiger partial charge in [0.15, 0.2) is 16.7 Å². The van der Waals surface area contributed by atoms with E-state index in [-0.39, 0.29) is 11.4 Å². The molecule has 0 bridgehead atoms. The monoisotopic (exact) mass is 513 g/mol. The largest absolute Gasteiger partial charge is 0.486 e. The first-order chi connectivity index (χ1) is 17.3. The molecule has 10 heteroatoms. The fourth-order valence-corrected chi connectivity index (χ4v) is 4.79. The summed E-state index contributed by atoms with van der Waals surface area (Å²) >= 11 is 1.19. The number of carbonyl (C=O) groups is 1. The van der Waals surface area contributed by atoms with E-state index in [9.17, 15) is 18.0 Å². The van der Waals surface area contributed by atoms with E-state index in [1.165, 1.54) is 17.8 Å². The quantitative estimate of drug-likeness (QED) is 0.321. The molecule has 0 spiro atoms. The minimum atomic E-state index is -4.47. The van der Waals surface area contributed by atoms with E-state index in [4.69, 9.17) is 9.47 Å². The molecule has 4 aromatic rings. The Bertz CT molecular complexity index is 1410. The van der Waals surface area contributed by atoms with Crippen LogP contribution in [0.15, 0.2) is 71.9 Å². The van der Waals surface area contributed by atoms with Crippen LogP contribution in [0.1, 0.15) is 18.1 Å². The van der Waals surface area contributed by atoms with Crippen molar-refractivity contribution in [3.05, 3.63) is 77.9 Å². The van der Waals surface area contributed by atoms with Gasteiger partial charge in [-0.05, 0) is 42.8 Å². The van der Waals surface area contributed by atoms with Crippen molar-refractivity contribution in [2.45, 2.75) is 30.1 Å². The molecule has 1 unspecified atom stereocenters. The molecule has 1 aliphatic heterocycles. The molecule has 0 fully saturated rings. The summed E-state index contributed by atoms with van der Waals surface area (Å²) in [4.78, 5) is 17.4. The molecule has 0 saturated carbocycles. The number of rotatable bonds is 6. The molecular weight excluding hydrogens is 491 g/mol. The number of imidazole rings is 1. The molecule has 1 atom stereocenters. The fraction of sp³-hybridized carbons (Fsp3) is 0.231. The Balaban J connectivity index is 1.41. The Morgan fingerprint density at radius 3 is 2.56 bits per heavy atom. The molecular formula is C26H22F3N3O3S.